The SMILES string of the molecule is N/C([S-])=N/N=C/c1ccccc1[O-].NC(=S)N/N=C/c1ccccc1[O-].[Cl][Fe+][Cl].[Zn+2]. The molecule has 0 aromatic heterocycles. The molecule has 0 unspecified atom stereocenters. The maximum atomic E-state index is 11.1. The molecule has 2 aromatic carbocycles. The molecule has 2 rings (SSSR count). The molecular formula is C16H15Cl2FeN6O2S2Zn. The van der Waals surface area contributed by atoms with Crippen LogP contribution in [0.15, 0.2) is 63.8 Å². The number of para-hydroxylation sites is 2. The third-order valence-corrected chi connectivity index (χ3v) is 2.74. The Balaban J connectivity index is 0. The van der Waals surface area contributed by atoms with Crippen LogP contribution in [0.2, 0.25) is 0 Å². The van der Waals surface area contributed by atoms with E-state index < -0.39 is 0 Å². The zero-order valence-electron chi connectivity index (χ0n) is 15.2. The Morgan fingerprint density at radius 1 is 1.00 bits per heavy atom. The van der Waals surface area contributed by atoms with Crippen molar-refractivity contribution in [3.8, 4) is 11.5 Å². The van der Waals surface area contributed by atoms with Gasteiger partial charge in [0.2, 0.25) is 0 Å². The first-order valence-electron chi connectivity index (χ1n) is 7.31. The molecule has 0 aliphatic heterocycles. The second-order valence-electron chi connectivity index (χ2n) is 4.54. The summed E-state index contributed by atoms with van der Waals surface area (Å²) in [4.78, 5) is 0. The third kappa shape index (κ3) is 16.3. The van der Waals surface area contributed by atoms with E-state index in [1.807, 2.05) is 0 Å². The van der Waals surface area contributed by atoms with Crippen LogP contribution in [0.25, 0.3) is 0 Å². The molecule has 157 valence electrons. The van der Waals surface area contributed by atoms with Crippen LogP contribution < -0.4 is 27.1 Å². The molecule has 0 bridgehead atoms. The van der Waals surface area contributed by atoms with Gasteiger partial charge in [-0.2, -0.15) is 15.3 Å². The van der Waals surface area contributed by atoms with Crippen LogP contribution in [0, 0.1) is 0 Å². The Bertz CT molecular complexity index is 858. The van der Waals surface area contributed by atoms with Crippen LogP contribution in [0.5, 0.6) is 11.5 Å². The first-order valence-corrected chi connectivity index (χ1v) is 11.2. The molecule has 0 saturated heterocycles. The zero-order valence-corrected chi connectivity index (χ0v) is 22.4. The van der Waals surface area contributed by atoms with E-state index in [0.717, 1.165) is 0 Å². The number of hydrazone groups is 1. The summed E-state index contributed by atoms with van der Waals surface area (Å²) < 4.78 is 0. The Morgan fingerprint density at radius 3 is 1.83 bits per heavy atom. The van der Waals surface area contributed by atoms with E-state index in [9.17, 15) is 10.2 Å². The molecule has 8 nitrogen and oxygen atoms in total. The molecule has 0 saturated carbocycles. The van der Waals surface area contributed by atoms with Crippen LogP contribution in [0.1, 0.15) is 11.1 Å². The van der Waals surface area contributed by atoms with Crippen molar-refractivity contribution in [3.05, 3.63) is 59.7 Å². The second kappa shape index (κ2) is 19.4. The summed E-state index contributed by atoms with van der Waals surface area (Å²) in [6.45, 7) is 0. The van der Waals surface area contributed by atoms with E-state index in [2.05, 4.69) is 45.6 Å². The molecule has 2 aromatic rings. The number of amidine groups is 1. The number of hydrogen-bond donors (Lipinski definition) is 3. The fourth-order valence-electron chi connectivity index (χ4n) is 1.49. The summed E-state index contributed by atoms with van der Waals surface area (Å²) in [6, 6.07) is 13.0. The van der Waals surface area contributed by atoms with Gasteiger partial charge in [0.05, 0.1) is 12.4 Å². The molecular weight excluding hydrogens is 564 g/mol. The molecule has 0 radical (unpaired) electrons. The topological polar surface area (TPSA) is 147 Å². The van der Waals surface area contributed by atoms with Gasteiger partial charge < -0.3 is 34.3 Å². The fraction of sp³-hybridized carbons (Fsp3) is 0. The van der Waals surface area contributed by atoms with E-state index >= 15 is 0 Å². The van der Waals surface area contributed by atoms with Gasteiger partial charge in [-0.05, 0) is 28.5 Å². The summed E-state index contributed by atoms with van der Waals surface area (Å²) >= 11 is 9.18. The summed E-state index contributed by atoms with van der Waals surface area (Å²) in [5, 5.41) is 32.8. The Labute approximate surface area is 212 Å². The van der Waals surface area contributed by atoms with Crippen molar-refractivity contribution in [1.29, 1.82) is 0 Å². The molecule has 0 spiro atoms. The molecule has 5 N–H and O–H groups in total. The van der Waals surface area contributed by atoms with Gasteiger partial charge in [0.25, 0.3) is 0 Å². The summed E-state index contributed by atoms with van der Waals surface area (Å²) in [5.41, 5.74) is 13.5. The molecule has 0 heterocycles. The zero-order chi connectivity index (χ0) is 22.1. The normalized spacial score (nSPS) is 10.3. The summed E-state index contributed by atoms with van der Waals surface area (Å²) in [5.74, 6) is -0.194. The smallest absolute Gasteiger partial charge is 2.00 e. The number of halogens is 2. The van der Waals surface area contributed by atoms with E-state index in [1.54, 1.807) is 36.4 Å². The minimum Gasteiger partial charge on any atom is 2.00 e. The van der Waals surface area contributed by atoms with Crippen molar-refractivity contribution >= 4 is 67.8 Å². The monoisotopic (exact) mass is 577 g/mol. The number of nitrogens with zero attached hydrogens (tertiary/aromatic N) is 3. The number of hydrogen-bond acceptors (Lipinski definition) is 7. The molecule has 0 fully saturated rings. The minimum absolute atomic E-state index is 0. The third-order valence-electron chi connectivity index (χ3n) is 2.57. The number of nitrogens with two attached hydrogens (primary N) is 2. The Kier molecular flexibility index (Phi) is 19.9. The Hall–Kier alpha value is -1.52. The van der Waals surface area contributed by atoms with Crippen molar-refractivity contribution < 1.29 is 42.8 Å². The van der Waals surface area contributed by atoms with E-state index in [4.69, 9.17) is 31.7 Å². The molecule has 30 heavy (non-hydrogen) atoms. The van der Waals surface area contributed by atoms with Crippen LogP contribution in [-0.4, -0.2) is 22.7 Å². The van der Waals surface area contributed by atoms with Crippen molar-refractivity contribution in [2.45, 2.75) is 0 Å². The van der Waals surface area contributed by atoms with Gasteiger partial charge >= 0.3 is 52.8 Å². The van der Waals surface area contributed by atoms with Crippen LogP contribution in [0.3, 0.4) is 0 Å². The number of nitrogens with one attached hydrogen (secondary N) is 1. The largest absolute Gasteiger partial charge is 2.00 e. The number of rotatable bonds is 4. The van der Waals surface area contributed by atoms with E-state index in [0.29, 0.717) is 11.1 Å². The van der Waals surface area contributed by atoms with Crippen LogP contribution in [0.4, 0.5) is 0 Å². The molecule has 0 aliphatic carbocycles. The number of benzene rings is 2. The maximum absolute atomic E-state index is 11.1. The standard InChI is InChI=1S/2C8H9N3OS.2ClH.Fe.Zn/c2*9-8(13)11-10-5-6-3-1-2-4-7(6)12;;;;/h2*1-5,12H,(H3,9,11,13);2*1H;;/q;;;;+3;+2/p-5/b2*10-5+;;;;. The van der Waals surface area contributed by atoms with Gasteiger partial charge in [-0.25, -0.2) is 0 Å². The van der Waals surface area contributed by atoms with Gasteiger partial charge in [-0.1, -0.05) is 60.0 Å². The molecule has 0 amide bonds. The van der Waals surface area contributed by atoms with E-state index in [-0.39, 0.29) is 54.4 Å². The fourth-order valence-corrected chi connectivity index (χ4v) is 1.59. The van der Waals surface area contributed by atoms with Gasteiger partial charge in [0.15, 0.2) is 5.11 Å². The van der Waals surface area contributed by atoms with Crippen molar-refractivity contribution in [1.82, 2.24) is 5.43 Å². The quantitative estimate of drug-likeness (QED) is 0.123. The molecule has 14 heteroatoms. The Morgan fingerprint density at radius 2 is 1.43 bits per heavy atom. The first kappa shape index (κ1) is 30.7. The average Bonchev–Trinajstić information content (AvgIpc) is 2.66. The van der Waals surface area contributed by atoms with Crippen molar-refractivity contribution in [3.63, 3.8) is 0 Å². The van der Waals surface area contributed by atoms with Crippen molar-refractivity contribution in [2.24, 2.45) is 26.8 Å². The number of thiocarbonyl (C=S) groups is 1. The molecule has 0 aliphatic rings. The molecule has 0 atom stereocenters. The van der Waals surface area contributed by atoms with Gasteiger partial charge in [-0.15, -0.1) is 0 Å². The maximum Gasteiger partial charge on any atom is 2.00 e. The summed E-state index contributed by atoms with van der Waals surface area (Å²) in [7, 11) is 9.53. The van der Waals surface area contributed by atoms with Gasteiger partial charge in [0, 0.05) is 0 Å². The predicted molar refractivity (Wildman–Crippen MR) is 118 cm³/mol. The van der Waals surface area contributed by atoms with Crippen LogP contribution >= 0.6 is 32.4 Å². The first-order chi connectivity index (χ1) is 13.8. The predicted octanol–water partition coefficient (Wildman–Crippen LogP) is 1.26. The second-order valence-corrected chi connectivity index (χ2v) is 7.23. The minimum atomic E-state index is -0.107. The van der Waals surface area contributed by atoms with Gasteiger partial charge in [0.1, 0.15) is 0 Å². The average molecular weight is 580 g/mol. The van der Waals surface area contributed by atoms with E-state index in [1.165, 1.54) is 24.6 Å². The van der Waals surface area contributed by atoms with Gasteiger partial charge in [-0.3, -0.25) is 5.43 Å². The van der Waals surface area contributed by atoms with Crippen LogP contribution in [-0.2, 0) is 45.2 Å². The van der Waals surface area contributed by atoms with Crippen molar-refractivity contribution in [2.75, 3.05) is 0 Å². The summed E-state index contributed by atoms with van der Waals surface area (Å²) in [6.07, 6.45) is 2.70.